The molecule has 0 spiro atoms. The molecule has 1 N–H and O–H groups in total. The van der Waals surface area contributed by atoms with Gasteiger partial charge in [-0.05, 0) is 20.8 Å². The Bertz CT molecular complexity index is 442. The molecule has 9 heteroatoms. The summed E-state index contributed by atoms with van der Waals surface area (Å²) in [7, 11) is 0. The first kappa shape index (κ1) is 24.4. The zero-order chi connectivity index (χ0) is 21.1. The van der Waals surface area contributed by atoms with E-state index in [0.717, 1.165) is 0 Å². The maximum atomic E-state index is 11.6. The van der Waals surface area contributed by atoms with E-state index in [1.165, 1.54) is 13.8 Å². The van der Waals surface area contributed by atoms with Crippen LogP contribution in [0.5, 0.6) is 0 Å². The molecule has 0 atom stereocenters. The van der Waals surface area contributed by atoms with Crippen LogP contribution in [0.2, 0.25) is 0 Å². The number of carbonyl (C=O) groups is 4. The molecule has 0 aromatic rings. The van der Waals surface area contributed by atoms with Crippen molar-refractivity contribution in [2.24, 2.45) is 0 Å². The van der Waals surface area contributed by atoms with Gasteiger partial charge >= 0.3 is 5.97 Å². The van der Waals surface area contributed by atoms with Crippen LogP contribution in [0.3, 0.4) is 0 Å². The number of Topliss-reactive ketones (excluding diaryl/α,β-unsaturated/α-hetero) is 3. The molecule has 1 heterocycles. The summed E-state index contributed by atoms with van der Waals surface area (Å²) in [4.78, 5) is 53.9. The fraction of sp³-hybridized carbons (Fsp3) is 0.789. The molecular weight excluding hydrogens is 364 g/mol. The van der Waals surface area contributed by atoms with Gasteiger partial charge in [0, 0.05) is 52.4 Å². The summed E-state index contributed by atoms with van der Waals surface area (Å²) >= 11 is 0. The molecule has 9 nitrogen and oxygen atoms in total. The van der Waals surface area contributed by atoms with Crippen molar-refractivity contribution in [2.45, 2.75) is 20.8 Å². The van der Waals surface area contributed by atoms with E-state index in [9.17, 15) is 24.3 Å². The fourth-order valence-corrected chi connectivity index (χ4v) is 3.35. The molecule has 160 valence electrons. The third kappa shape index (κ3) is 11.2. The van der Waals surface area contributed by atoms with Gasteiger partial charge in [-0.1, -0.05) is 0 Å². The standard InChI is InChI=1S/C19H34N4O5/c1-16(24)12-20-4-6-21(13-17(2)25)8-10-23(15-19(27)28)11-9-22(7-5-20)14-18(3)26/h4-15H2,1-3H3,(H,27,28). The molecule has 28 heavy (non-hydrogen) atoms. The summed E-state index contributed by atoms with van der Waals surface area (Å²) in [6.07, 6.45) is 0. The van der Waals surface area contributed by atoms with E-state index in [1.807, 2.05) is 14.7 Å². The molecule has 1 rings (SSSR count). The van der Waals surface area contributed by atoms with Gasteiger partial charge in [-0.25, -0.2) is 0 Å². The van der Waals surface area contributed by atoms with Crippen molar-refractivity contribution in [1.29, 1.82) is 0 Å². The Kier molecular flexibility index (Phi) is 11.1. The minimum Gasteiger partial charge on any atom is -0.480 e. The molecule has 0 bridgehead atoms. The molecule has 0 aromatic heterocycles. The Balaban J connectivity index is 2.90. The normalized spacial score (nSPS) is 19.5. The van der Waals surface area contributed by atoms with Gasteiger partial charge in [0.05, 0.1) is 26.2 Å². The van der Waals surface area contributed by atoms with E-state index in [1.54, 1.807) is 6.92 Å². The minimum atomic E-state index is -0.893. The Morgan fingerprint density at radius 2 is 0.750 bits per heavy atom. The van der Waals surface area contributed by atoms with Crippen LogP contribution in [0.1, 0.15) is 20.8 Å². The first-order valence-corrected chi connectivity index (χ1v) is 9.75. The van der Waals surface area contributed by atoms with E-state index in [-0.39, 0.29) is 23.9 Å². The minimum absolute atomic E-state index is 0.0580. The smallest absolute Gasteiger partial charge is 0.317 e. The van der Waals surface area contributed by atoms with Crippen LogP contribution < -0.4 is 0 Å². The van der Waals surface area contributed by atoms with Crippen LogP contribution >= 0.6 is 0 Å². The van der Waals surface area contributed by atoms with Crippen LogP contribution in [0.25, 0.3) is 0 Å². The molecule has 1 fully saturated rings. The summed E-state index contributed by atoms with van der Waals surface area (Å²) < 4.78 is 0. The largest absolute Gasteiger partial charge is 0.480 e. The van der Waals surface area contributed by atoms with Crippen molar-refractivity contribution in [3.63, 3.8) is 0 Å². The summed E-state index contributed by atoms with van der Waals surface area (Å²) in [5.74, 6) is -0.697. The van der Waals surface area contributed by atoms with Gasteiger partial charge in [0.1, 0.15) is 17.3 Å². The first-order chi connectivity index (χ1) is 13.2. The number of aliphatic carboxylic acids is 1. The highest BCUT2D eigenvalue weighted by Gasteiger charge is 2.19. The Morgan fingerprint density at radius 1 is 0.536 bits per heavy atom. The third-order valence-corrected chi connectivity index (χ3v) is 4.63. The van der Waals surface area contributed by atoms with Gasteiger partial charge in [-0.3, -0.25) is 38.8 Å². The molecule has 0 amide bonds. The number of carboxylic acids is 1. The third-order valence-electron chi connectivity index (χ3n) is 4.63. The zero-order valence-electron chi connectivity index (χ0n) is 17.4. The summed E-state index contributed by atoms with van der Waals surface area (Å²) in [5.41, 5.74) is 0. The van der Waals surface area contributed by atoms with E-state index >= 15 is 0 Å². The topological polar surface area (TPSA) is 101 Å². The quantitative estimate of drug-likeness (QED) is 0.555. The first-order valence-electron chi connectivity index (χ1n) is 9.75. The predicted molar refractivity (Wildman–Crippen MR) is 105 cm³/mol. The van der Waals surface area contributed by atoms with E-state index in [4.69, 9.17) is 0 Å². The highest BCUT2D eigenvalue weighted by atomic mass is 16.4. The number of carbonyl (C=O) groups excluding carboxylic acids is 3. The second kappa shape index (κ2) is 12.7. The number of carboxylic acid groups (broad SMARTS) is 1. The molecule has 1 aliphatic rings. The van der Waals surface area contributed by atoms with Crippen LogP contribution in [-0.2, 0) is 19.2 Å². The highest BCUT2D eigenvalue weighted by molar-refractivity contribution is 5.78. The van der Waals surface area contributed by atoms with Gasteiger partial charge in [0.15, 0.2) is 0 Å². The summed E-state index contributed by atoms with van der Waals surface area (Å²) in [5, 5.41) is 9.18. The van der Waals surface area contributed by atoms with Gasteiger partial charge in [0.2, 0.25) is 0 Å². The lowest BCUT2D eigenvalue weighted by atomic mass is 10.3. The molecule has 0 aliphatic carbocycles. The zero-order valence-corrected chi connectivity index (χ0v) is 17.4. The Morgan fingerprint density at radius 3 is 0.929 bits per heavy atom. The van der Waals surface area contributed by atoms with E-state index < -0.39 is 5.97 Å². The predicted octanol–water partition coefficient (Wildman–Crippen LogP) is -0.940. The fourth-order valence-electron chi connectivity index (χ4n) is 3.35. The molecule has 1 saturated heterocycles. The van der Waals surface area contributed by atoms with Gasteiger partial charge in [-0.2, -0.15) is 0 Å². The van der Waals surface area contributed by atoms with Crippen molar-refractivity contribution >= 4 is 23.3 Å². The Hall–Kier alpha value is -1.68. The van der Waals surface area contributed by atoms with Crippen molar-refractivity contribution in [2.75, 3.05) is 78.5 Å². The monoisotopic (exact) mass is 398 g/mol. The lowest BCUT2D eigenvalue weighted by molar-refractivity contribution is -0.138. The maximum absolute atomic E-state index is 11.6. The molecule has 0 aromatic carbocycles. The van der Waals surface area contributed by atoms with Crippen molar-refractivity contribution in [1.82, 2.24) is 19.6 Å². The Labute approximate surface area is 167 Å². The van der Waals surface area contributed by atoms with Crippen LogP contribution in [0.15, 0.2) is 0 Å². The van der Waals surface area contributed by atoms with E-state index in [2.05, 4.69) is 4.90 Å². The number of hydrogen-bond acceptors (Lipinski definition) is 8. The lowest BCUT2D eigenvalue weighted by Gasteiger charge is -2.33. The molecular formula is C19H34N4O5. The summed E-state index contributed by atoms with van der Waals surface area (Å²) in [6, 6.07) is 0. The number of hydrogen-bond donors (Lipinski definition) is 1. The van der Waals surface area contributed by atoms with Crippen molar-refractivity contribution < 1.29 is 24.3 Å². The lowest BCUT2D eigenvalue weighted by Crippen LogP contribution is -2.48. The second-order valence-electron chi connectivity index (χ2n) is 7.60. The number of nitrogens with zero attached hydrogens (tertiary/aromatic N) is 4. The van der Waals surface area contributed by atoms with Crippen LogP contribution in [0.4, 0.5) is 0 Å². The average Bonchev–Trinajstić information content (AvgIpc) is 2.55. The van der Waals surface area contributed by atoms with Crippen LogP contribution in [-0.4, -0.2) is 127 Å². The van der Waals surface area contributed by atoms with Gasteiger partial charge in [0.25, 0.3) is 0 Å². The average molecular weight is 399 g/mol. The number of rotatable bonds is 8. The highest BCUT2D eigenvalue weighted by Crippen LogP contribution is 2.02. The van der Waals surface area contributed by atoms with Crippen molar-refractivity contribution in [3.8, 4) is 0 Å². The molecule has 1 aliphatic heterocycles. The van der Waals surface area contributed by atoms with Crippen LogP contribution in [0, 0.1) is 0 Å². The second-order valence-corrected chi connectivity index (χ2v) is 7.60. The molecule has 0 saturated carbocycles. The van der Waals surface area contributed by atoms with Gasteiger partial charge in [-0.15, -0.1) is 0 Å². The molecule has 0 unspecified atom stereocenters. The molecule has 0 radical (unpaired) electrons. The van der Waals surface area contributed by atoms with E-state index in [0.29, 0.717) is 72.0 Å². The SMILES string of the molecule is CC(=O)CN1CCN(CC(C)=O)CCN(CC(=O)O)CCN(CC(C)=O)CC1. The number of ketones is 3. The van der Waals surface area contributed by atoms with Gasteiger partial charge < -0.3 is 5.11 Å². The van der Waals surface area contributed by atoms with Crippen molar-refractivity contribution in [3.05, 3.63) is 0 Å². The maximum Gasteiger partial charge on any atom is 0.317 e. The summed E-state index contributed by atoms with van der Waals surface area (Å²) in [6.45, 7) is 10.3.